The molecule has 0 aromatic rings. The molecule has 0 nitrogen and oxygen atoms in total. The molecule has 4 aliphatic rings. The second-order valence-corrected chi connectivity index (χ2v) is 17.5. The van der Waals surface area contributed by atoms with Crippen molar-refractivity contribution >= 4 is 8.07 Å². The van der Waals surface area contributed by atoms with E-state index in [-0.39, 0.29) is 0 Å². The second-order valence-electron chi connectivity index (χ2n) is 13.1. The van der Waals surface area contributed by atoms with Crippen LogP contribution in [0.3, 0.4) is 0 Å². The molecule has 4 rings (SSSR count). The van der Waals surface area contributed by atoms with Crippen LogP contribution in [-0.2, 0) is 0 Å². The van der Waals surface area contributed by atoms with Gasteiger partial charge < -0.3 is 0 Å². The van der Waals surface area contributed by atoms with E-state index in [0.29, 0.717) is 5.41 Å². The van der Waals surface area contributed by atoms with Crippen molar-refractivity contribution in [2.45, 2.75) is 129 Å². The third-order valence-corrected chi connectivity index (χ3v) is 13.9. The lowest BCUT2D eigenvalue weighted by Crippen LogP contribution is -2.37. The summed E-state index contributed by atoms with van der Waals surface area (Å²) >= 11 is 0. The third kappa shape index (κ3) is 5.76. The van der Waals surface area contributed by atoms with Crippen molar-refractivity contribution in [3.63, 3.8) is 0 Å². The minimum absolute atomic E-state index is 0.338. The summed E-state index contributed by atoms with van der Waals surface area (Å²) in [5, 5.41) is 0. The molecule has 1 heteroatoms. The molecule has 30 heavy (non-hydrogen) atoms. The van der Waals surface area contributed by atoms with E-state index in [2.05, 4.69) is 38.8 Å². The molecule has 0 aromatic carbocycles. The van der Waals surface area contributed by atoms with Crippen LogP contribution in [0.2, 0.25) is 18.6 Å². The molecule has 0 spiro atoms. The topological polar surface area (TPSA) is 0 Å². The maximum Gasteiger partial charge on any atom is 0.135 e. The molecule has 1 heterocycles. The summed E-state index contributed by atoms with van der Waals surface area (Å²) < 4.78 is 0. The Kier molecular flexibility index (Phi) is 7.44. The lowest BCUT2D eigenvalue weighted by atomic mass is 9.65. The largest absolute Gasteiger partial charge is 0.135 e. The summed E-state index contributed by atoms with van der Waals surface area (Å²) in [4.78, 5) is 0. The highest BCUT2D eigenvalue weighted by Crippen LogP contribution is 2.46. The van der Waals surface area contributed by atoms with E-state index in [9.17, 15) is 0 Å². The first-order valence-corrected chi connectivity index (χ1v) is 16.8. The molecule has 0 N–H and O–H groups in total. The van der Waals surface area contributed by atoms with E-state index in [1.807, 2.05) is 0 Å². The van der Waals surface area contributed by atoms with E-state index < -0.39 is 8.07 Å². The first-order valence-electron chi connectivity index (χ1n) is 13.9. The van der Waals surface area contributed by atoms with Crippen LogP contribution in [0, 0.1) is 52.4 Å². The summed E-state index contributed by atoms with van der Waals surface area (Å²) in [5.41, 5.74) is 4.37. The zero-order valence-corrected chi connectivity index (χ0v) is 21.8. The Labute approximate surface area is 189 Å². The molecule has 0 atom stereocenters. The van der Waals surface area contributed by atoms with Gasteiger partial charge >= 0.3 is 0 Å². The number of rotatable bonds is 2. The summed E-state index contributed by atoms with van der Waals surface area (Å²) in [6, 6.07) is 2.99. The van der Waals surface area contributed by atoms with Gasteiger partial charge in [-0.1, -0.05) is 58.9 Å². The van der Waals surface area contributed by atoms with E-state index in [0.717, 1.165) is 35.5 Å². The molecule has 0 bridgehead atoms. The van der Waals surface area contributed by atoms with Crippen molar-refractivity contribution in [3.8, 4) is 11.5 Å². The first-order chi connectivity index (χ1) is 14.3. The Morgan fingerprint density at radius 1 is 0.600 bits per heavy atom. The quantitative estimate of drug-likeness (QED) is 0.305. The van der Waals surface area contributed by atoms with Crippen LogP contribution in [0.25, 0.3) is 0 Å². The molecule has 3 aliphatic carbocycles. The molecular formula is C29H50Si. The maximum absolute atomic E-state index is 4.03. The molecule has 0 radical (unpaired) electrons. The molecular weight excluding hydrogens is 376 g/mol. The van der Waals surface area contributed by atoms with Crippen LogP contribution >= 0.6 is 0 Å². The van der Waals surface area contributed by atoms with Gasteiger partial charge in [0, 0.05) is 5.41 Å². The summed E-state index contributed by atoms with van der Waals surface area (Å²) in [6.45, 7) is 10.0. The summed E-state index contributed by atoms with van der Waals surface area (Å²) in [7, 11) is -1.30. The maximum atomic E-state index is 4.03. The van der Waals surface area contributed by atoms with Gasteiger partial charge in [-0.25, -0.2) is 0 Å². The fourth-order valence-corrected chi connectivity index (χ4v) is 10.7. The highest BCUT2D eigenvalue weighted by molar-refractivity contribution is 6.86. The minimum Gasteiger partial charge on any atom is -0.131 e. The van der Waals surface area contributed by atoms with Gasteiger partial charge in [0.2, 0.25) is 0 Å². The van der Waals surface area contributed by atoms with Gasteiger partial charge in [0.1, 0.15) is 8.07 Å². The smallest absolute Gasteiger partial charge is 0.131 e. The van der Waals surface area contributed by atoms with Crippen molar-refractivity contribution in [3.05, 3.63) is 0 Å². The van der Waals surface area contributed by atoms with E-state index >= 15 is 0 Å². The normalized spacial score (nSPS) is 47.9. The Morgan fingerprint density at radius 3 is 1.47 bits per heavy atom. The van der Waals surface area contributed by atoms with Crippen LogP contribution < -0.4 is 0 Å². The Hall–Kier alpha value is -0.223. The van der Waals surface area contributed by atoms with Gasteiger partial charge in [-0.15, -0.1) is 11.5 Å². The number of hydrogen-bond donors (Lipinski definition) is 0. The van der Waals surface area contributed by atoms with Crippen LogP contribution in [0.1, 0.15) is 111 Å². The lowest BCUT2D eigenvalue weighted by molar-refractivity contribution is 0.134. The standard InChI is InChI=1S/C29H50Si/c1-23-5-9-25(10-6-23)27-13-17-29(3,18-14-27)19-22-30(4)20-15-28(16-21-30)26-11-7-24(2)8-12-26/h23-28H,5-18,20-21H2,1-4H3. The lowest BCUT2D eigenvalue weighted by Gasteiger charge is -2.40. The molecule has 0 unspecified atom stereocenters. The molecule has 3 saturated carbocycles. The van der Waals surface area contributed by atoms with Gasteiger partial charge in [0.05, 0.1) is 0 Å². The fourth-order valence-electron chi connectivity index (χ4n) is 7.56. The van der Waals surface area contributed by atoms with E-state index in [1.54, 1.807) is 0 Å². The SMILES string of the molecule is CC1CCC(C2CCC(C)(C#C[Si]3(C)CCC(C4CCC(C)CC4)CC3)CC2)CC1. The van der Waals surface area contributed by atoms with Crippen LogP contribution in [0.4, 0.5) is 0 Å². The molecule has 170 valence electrons. The molecule has 0 amide bonds. The molecule has 1 saturated heterocycles. The van der Waals surface area contributed by atoms with Gasteiger partial charge in [-0.05, 0) is 106 Å². The average Bonchev–Trinajstić information content (AvgIpc) is 2.75. The van der Waals surface area contributed by atoms with E-state index in [1.165, 1.54) is 102 Å². The first kappa shape index (κ1) is 23.0. The summed E-state index contributed by atoms with van der Waals surface area (Å²) in [5.74, 6) is 10.1. The van der Waals surface area contributed by atoms with Crippen LogP contribution in [0.15, 0.2) is 0 Å². The second kappa shape index (κ2) is 9.73. The van der Waals surface area contributed by atoms with Crippen molar-refractivity contribution < 1.29 is 0 Å². The minimum atomic E-state index is -1.30. The zero-order chi connectivity index (χ0) is 21.2. The fraction of sp³-hybridized carbons (Fsp3) is 0.931. The van der Waals surface area contributed by atoms with Gasteiger partial charge in [-0.3, -0.25) is 0 Å². The van der Waals surface area contributed by atoms with Crippen molar-refractivity contribution in [1.82, 2.24) is 0 Å². The van der Waals surface area contributed by atoms with Crippen molar-refractivity contribution in [2.24, 2.45) is 40.9 Å². The van der Waals surface area contributed by atoms with Gasteiger partial charge in [0.15, 0.2) is 0 Å². The van der Waals surface area contributed by atoms with Gasteiger partial charge in [0.25, 0.3) is 0 Å². The van der Waals surface area contributed by atoms with Gasteiger partial charge in [-0.2, -0.15) is 0 Å². The highest BCUT2D eigenvalue weighted by atomic mass is 28.3. The van der Waals surface area contributed by atoms with Crippen LogP contribution in [-0.4, -0.2) is 8.07 Å². The Bertz CT molecular complexity index is 540. The monoisotopic (exact) mass is 426 g/mol. The third-order valence-electron chi connectivity index (χ3n) is 10.4. The predicted octanol–water partition coefficient (Wildman–Crippen LogP) is 8.87. The highest BCUT2D eigenvalue weighted by Gasteiger charge is 2.38. The average molecular weight is 427 g/mol. The Morgan fingerprint density at radius 2 is 1.00 bits per heavy atom. The molecule has 0 aromatic heterocycles. The van der Waals surface area contributed by atoms with Crippen molar-refractivity contribution in [1.29, 1.82) is 0 Å². The number of hydrogen-bond acceptors (Lipinski definition) is 0. The van der Waals surface area contributed by atoms with E-state index in [4.69, 9.17) is 0 Å². The Balaban J connectivity index is 1.25. The summed E-state index contributed by atoms with van der Waals surface area (Å²) in [6.07, 6.45) is 20.7. The van der Waals surface area contributed by atoms with Crippen molar-refractivity contribution in [2.75, 3.05) is 0 Å². The molecule has 1 aliphatic heterocycles. The zero-order valence-electron chi connectivity index (χ0n) is 20.8. The van der Waals surface area contributed by atoms with Crippen LogP contribution in [0.5, 0.6) is 0 Å². The molecule has 4 fully saturated rings. The predicted molar refractivity (Wildman–Crippen MR) is 134 cm³/mol.